The summed E-state index contributed by atoms with van der Waals surface area (Å²) in [7, 11) is 3.04. The van der Waals surface area contributed by atoms with Gasteiger partial charge >= 0.3 is 0 Å². The van der Waals surface area contributed by atoms with Crippen LogP contribution in [0.15, 0.2) is 54.6 Å². The quantitative estimate of drug-likeness (QED) is 0.324. The minimum absolute atomic E-state index is 0.346. The second kappa shape index (κ2) is 9.70. The predicted octanol–water partition coefficient (Wildman–Crippen LogP) is 6.05. The zero-order chi connectivity index (χ0) is 23.5. The van der Waals surface area contributed by atoms with Crippen LogP contribution in [-0.4, -0.2) is 35.1 Å². The highest BCUT2D eigenvalue weighted by Gasteiger charge is 2.10. The van der Waals surface area contributed by atoms with Gasteiger partial charge < -0.3 is 14.8 Å². The van der Waals surface area contributed by atoms with Crippen LogP contribution < -0.4 is 14.8 Å². The van der Waals surface area contributed by atoms with E-state index in [-0.39, 0.29) is 5.91 Å². The van der Waals surface area contributed by atoms with Crippen molar-refractivity contribution in [3.63, 3.8) is 0 Å². The SMILES string of the molecule is COc1ccc(-n2nc3ccc(NC(=O)C=Cc4cc(Cl)cc(Cl)c4OC)cc3n2)cc1Cl. The van der Waals surface area contributed by atoms with Gasteiger partial charge in [0.1, 0.15) is 22.5 Å². The Labute approximate surface area is 204 Å². The van der Waals surface area contributed by atoms with Gasteiger partial charge in [0, 0.05) is 22.3 Å². The van der Waals surface area contributed by atoms with E-state index in [1.54, 1.807) is 61.7 Å². The number of carbonyl (C=O) groups excluding carboxylic acids is 1. The molecule has 0 radical (unpaired) electrons. The first-order valence-corrected chi connectivity index (χ1v) is 10.7. The van der Waals surface area contributed by atoms with Crippen molar-refractivity contribution < 1.29 is 14.3 Å². The molecule has 10 heteroatoms. The third-order valence-electron chi connectivity index (χ3n) is 4.67. The number of nitrogens with zero attached hydrogens (tertiary/aromatic N) is 3. The molecule has 1 amide bonds. The number of benzene rings is 3. The second-order valence-electron chi connectivity index (χ2n) is 6.84. The van der Waals surface area contributed by atoms with E-state index >= 15 is 0 Å². The lowest BCUT2D eigenvalue weighted by atomic mass is 10.2. The molecule has 0 fully saturated rings. The summed E-state index contributed by atoms with van der Waals surface area (Å²) in [4.78, 5) is 13.9. The van der Waals surface area contributed by atoms with Crippen molar-refractivity contribution in [2.24, 2.45) is 0 Å². The first-order chi connectivity index (χ1) is 15.9. The fourth-order valence-electron chi connectivity index (χ4n) is 3.16. The zero-order valence-electron chi connectivity index (χ0n) is 17.5. The summed E-state index contributed by atoms with van der Waals surface area (Å²) in [6, 6.07) is 13.7. The Morgan fingerprint density at radius 1 is 0.939 bits per heavy atom. The fourth-order valence-corrected chi connectivity index (χ4v) is 3.99. The molecule has 168 valence electrons. The monoisotopic (exact) mass is 502 g/mol. The third kappa shape index (κ3) is 5.06. The van der Waals surface area contributed by atoms with E-state index in [0.717, 1.165) is 0 Å². The van der Waals surface area contributed by atoms with Crippen molar-refractivity contribution in [1.82, 2.24) is 15.0 Å². The number of ether oxygens (including phenoxy) is 2. The summed E-state index contributed by atoms with van der Waals surface area (Å²) in [6.45, 7) is 0. The maximum atomic E-state index is 12.4. The van der Waals surface area contributed by atoms with Gasteiger partial charge in [-0.1, -0.05) is 34.8 Å². The van der Waals surface area contributed by atoms with E-state index < -0.39 is 0 Å². The zero-order valence-corrected chi connectivity index (χ0v) is 19.7. The summed E-state index contributed by atoms with van der Waals surface area (Å²) >= 11 is 18.4. The summed E-state index contributed by atoms with van der Waals surface area (Å²) in [5.41, 5.74) is 3.09. The van der Waals surface area contributed by atoms with E-state index in [0.29, 0.717) is 54.5 Å². The highest BCUT2D eigenvalue weighted by molar-refractivity contribution is 6.36. The van der Waals surface area contributed by atoms with Crippen LogP contribution in [0.1, 0.15) is 5.56 Å². The lowest BCUT2D eigenvalue weighted by Gasteiger charge is -2.08. The molecule has 0 saturated carbocycles. The van der Waals surface area contributed by atoms with Gasteiger partial charge in [0.25, 0.3) is 0 Å². The van der Waals surface area contributed by atoms with E-state index in [2.05, 4.69) is 15.5 Å². The van der Waals surface area contributed by atoms with Crippen molar-refractivity contribution in [3.8, 4) is 17.2 Å². The van der Waals surface area contributed by atoms with E-state index in [1.165, 1.54) is 18.0 Å². The molecule has 1 heterocycles. The van der Waals surface area contributed by atoms with E-state index in [9.17, 15) is 4.79 Å². The van der Waals surface area contributed by atoms with Crippen molar-refractivity contribution in [1.29, 1.82) is 0 Å². The number of fused-ring (bicyclic) bond motifs is 1. The molecule has 0 aliphatic carbocycles. The van der Waals surface area contributed by atoms with Crippen LogP contribution in [0.4, 0.5) is 5.69 Å². The maximum Gasteiger partial charge on any atom is 0.248 e. The lowest BCUT2D eigenvalue weighted by Crippen LogP contribution is -2.07. The third-order valence-corrected chi connectivity index (χ3v) is 5.46. The molecule has 0 saturated heterocycles. The molecule has 0 atom stereocenters. The smallest absolute Gasteiger partial charge is 0.248 e. The largest absolute Gasteiger partial charge is 0.495 e. The lowest BCUT2D eigenvalue weighted by molar-refractivity contribution is -0.111. The molecule has 0 bridgehead atoms. The van der Waals surface area contributed by atoms with Gasteiger partial charge in [-0.25, -0.2) is 0 Å². The van der Waals surface area contributed by atoms with Crippen LogP contribution >= 0.6 is 34.8 Å². The number of carbonyl (C=O) groups is 1. The number of anilines is 1. The second-order valence-corrected chi connectivity index (χ2v) is 8.10. The van der Waals surface area contributed by atoms with Gasteiger partial charge in [0.05, 0.1) is 30.0 Å². The highest BCUT2D eigenvalue weighted by Crippen LogP contribution is 2.33. The van der Waals surface area contributed by atoms with Gasteiger partial charge in [0.15, 0.2) is 0 Å². The van der Waals surface area contributed by atoms with Crippen LogP contribution in [0.25, 0.3) is 22.8 Å². The van der Waals surface area contributed by atoms with Gasteiger partial charge in [-0.2, -0.15) is 4.80 Å². The van der Waals surface area contributed by atoms with Crippen LogP contribution in [0, 0.1) is 0 Å². The van der Waals surface area contributed by atoms with Gasteiger partial charge in [-0.15, -0.1) is 10.2 Å². The van der Waals surface area contributed by atoms with Gasteiger partial charge in [-0.3, -0.25) is 4.79 Å². The number of amides is 1. The molecule has 7 nitrogen and oxygen atoms in total. The Hall–Kier alpha value is -3.26. The number of nitrogens with one attached hydrogen (secondary N) is 1. The maximum absolute atomic E-state index is 12.4. The first kappa shape index (κ1) is 22.9. The van der Waals surface area contributed by atoms with Crippen molar-refractivity contribution >= 4 is 63.5 Å². The fraction of sp³-hybridized carbons (Fsp3) is 0.0870. The molecule has 0 unspecified atom stereocenters. The summed E-state index contributed by atoms with van der Waals surface area (Å²) in [5, 5.41) is 13.0. The Morgan fingerprint density at radius 3 is 2.45 bits per heavy atom. The van der Waals surface area contributed by atoms with Crippen LogP contribution in [0.3, 0.4) is 0 Å². The van der Waals surface area contributed by atoms with Gasteiger partial charge in [0.2, 0.25) is 5.91 Å². The van der Waals surface area contributed by atoms with Crippen LogP contribution in [0.5, 0.6) is 11.5 Å². The highest BCUT2D eigenvalue weighted by atomic mass is 35.5. The minimum atomic E-state index is -0.346. The molecular formula is C23H17Cl3N4O3. The predicted molar refractivity (Wildman–Crippen MR) is 131 cm³/mol. The molecule has 0 aliphatic heterocycles. The van der Waals surface area contributed by atoms with E-state index in [1.807, 2.05) is 0 Å². The van der Waals surface area contributed by atoms with Crippen molar-refractivity contribution in [2.75, 3.05) is 19.5 Å². The topological polar surface area (TPSA) is 78.3 Å². The molecule has 0 spiro atoms. The molecule has 3 aromatic carbocycles. The molecule has 33 heavy (non-hydrogen) atoms. The normalized spacial score (nSPS) is 11.2. The number of aromatic nitrogens is 3. The Morgan fingerprint density at radius 2 is 1.73 bits per heavy atom. The first-order valence-electron chi connectivity index (χ1n) is 9.61. The van der Waals surface area contributed by atoms with Gasteiger partial charge in [-0.05, 0) is 54.6 Å². The molecule has 1 N–H and O–H groups in total. The standard InChI is InChI=1S/C23H17Cl3N4O3/c1-32-21-7-5-16(12-17(21)25)30-28-19-6-4-15(11-20(19)29-30)27-22(31)8-3-13-9-14(24)10-18(26)23(13)33-2/h3-12H,1-2H3,(H,27,31). The molecule has 0 aliphatic rings. The summed E-state index contributed by atoms with van der Waals surface area (Å²) in [5.74, 6) is 0.650. The molecular weight excluding hydrogens is 487 g/mol. The van der Waals surface area contributed by atoms with Crippen molar-refractivity contribution in [2.45, 2.75) is 0 Å². The van der Waals surface area contributed by atoms with Crippen LogP contribution in [0.2, 0.25) is 15.1 Å². The average Bonchev–Trinajstić information content (AvgIpc) is 3.21. The molecule has 1 aromatic heterocycles. The van der Waals surface area contributed by atoms with E-state index in [4.69, 9.17) is 44.3 Å². The number of hydrogen-bond acceptors (Lipinski definition) is 5. The average molecular weight is 504 g/mol. The van der Waals surface area contributed by atoms with Crippen molar-refractivity contribution in [3.05, 3.63) is 75.2 Å². The number of rotatable bonds is 6. The molecule has 4 aromatic rings. The summed E-state index contributed by atoms with van der Waals surface area (Å²) < 4.78 is 10.5. The summed E-state index contributed by atoms with van der Waals surface area (Å²) in [6.07, 6.45) is 2.94. The number of methoxy groups -OCH3 is 2. The number of halogens is 3. The Balaban J connectivity index is 1.53. The molecule has 4 rings (SSSR count). The minimum Gasteiger partial charge on any atom is -0.495 e. The Bertz CT molecular complexity index is 1390. The Kier molecular flexibility index (Phi) is 6.74. The number of hydrogen-bond donors (Lipinski definition) is 1. The van der Waals surface area contributed by atoms with Crippen LogP contribution in [-0.2, 0) is 4.79 Å².